The summed E-state index contributed by atoms with van der Waals surface area (Å²) >= 11 is 0. The Bertz CT molecular complexity index is 540. The van der Waals surface area contributed by atoms with Gasteiger partial charge in [0, 0.05) is 24.5 Å². The fraction of sp³-hybridized carbons (Fsp3) is 0.231. The van der Waals surface area contributed by atoms with Crippen molar-refractivity contribution in [2.45, 2.75) is 20.4 Å². The smallest absolute Gasteiger partial charge is 0.228 e. The quantitative estimate of drug-likeness (QED) is 0.762. The summed E-state index contributed by atoms with van der Waals surface area (Å²) in [5.41, 5.74) is 1.06. The molecule has 4 heteroatoms. The zero-order valence-electron chi connectivity index (χ0n) is 9.77. The van der Waals surface area contributed by atoms with Crippen LogP contribution in [0.4, 0.5) is 4.39 Å². The molecular weight excluding hydrogens is 219 g/mol. The third-order valence-corrected chi connectivity index (χ3v) is 2.56. The second kappa shape index (κ2) is 4.49. The molecule has 0 fully saturated rings. The number of carbonyl (C=O) groups excluding carboxylic acids is 1. The van der Waals surface area contributed by atoms with Gasteiger partial charge in [-0.25, -0.2) is 9.37 Å². The van der Waals surface area contributed by atoms with Crippen LogP contribution in [-0.2, 0) is 6.54 Å². The molecule has 1 aromatic carbocycles. The summed E-state index contributed by atoms with van der Waals surface area (Å²) in [6, 6.07) is 4.30. The van der Waals surface area contributed by atoms with Gasteiger partial charge in [0.25, 0.3) is 0 Å². The van der Waals surface area contributed by atoms with Gasteiger partial charge in [0.15, 0.2) is 5.82 Å². The van der Waals surface area contributed by atoms with Crippen LogP contribution in [0.5, 0.6) is 0 Å². The Hall–Kier alpha value is -1.97. The number of aromatic nitrogens is 2. The Kier molecular flexibility index (Phi) is 3.04. The van der Waals surface area contributed by atoms with Gasteiger partial charge in [0.05, 0.1) is 0 Å². The molecule has 1 aromatic heterocycles. The van der Waals surface area contributed by atoms with E-state index in [4.69, 9.17) is 0 Å². The highest BCUT2D eigenvalue weighted by atomic mass is 19.1. The van der Waals surface area contributed by atoms with Crippen molar-refractivity contribution in [2.75, 3.05) is 0 Å². The molecule has 0 atom stereocenters. The van der Waals surface area contributed by atoms with Crippen molar-refractivity contribution in [2.24, 2.45) is 0 Å². The number of rotatable bonds is 3. The first-order chi connectivity index (χ1) is 8.11. The van der Waals surface area contributed by atoms with Crippen LogP contribution < -0.4 is 0 Å². The molecule has 17 heavy (non-hydrogen) atoms. The number of hydrogen-bond donors (Lipinski definition) is 0. The van der Waals surface area contributed by atoms with Crippen molar-refractivity contribution >= 4 is 5.78 Å². The molecule has 0 unspecified atom stereocenters. The van der Waals surface area contributed by atoms with Gasteiger partial charge in [-0.3, -0.25) is 4.79 Å². The monoisotopic (exact) mass is 232 g/mol. The average molecular weight is 232 g/mol. The minimum atomic E-state index is -0.400. The van der Waals surface area contributed by atoms with E-state index < -0.39 is 5.82 Å². The first-order valence-electron chi connectivity index (χ1n) is 5.45. The van der Waals surface area contributed by atoms with E-state index >= 15 is 0 Å². The molecule has 88 valence electrons. The topological polar surface area (TPSA) is 34.9 Å². The van der Waals surface area contributed by atoms with Gasteiger partial charge in [-0.2, -0.15) is 0 Å². The molecule has 0 aliphatic rings. The van der Waals surface area contributed by atoms with Crippen LogP contribution >= 0.6 is 0 Å². The van der Waals surface area contributed by atoms with Crippen LogP contribution in [0.2, 0.25) is 0 Å². The van der Waals surface area contributed by atoms with E-state index in [0.717, 1.165) is 5.56 Å². The summed E-state index contributed by atoms with van der Waals surface area (Å²) in [6.45, 7) is 4.34. The maximum absolute atomic E-state index is 13.2. The Labute approximate surface area is 98.9 Å². The second-order valence-electron chi connectivity index (χ2n) is 3.88. The molecule has 2 aromatic rings. The maximum atomic E-state index is 13.2. The van der Waals surface area contributed by atoms with Crippen LogP contribution in [0.15, 0.2) is 30.6 Å². The highest BCUT2D eigenvalue weighted by Crippen LogP contribution is 2.13. The number of carbonyl (C=O) groups is 1. The van der Waals surface area contributed by atoms with Gasteiger partial charge in [0.2, 0.25) is 5.78 Å². The van der Waals surface area contributed by atoms with Gasteiger partial charge in [0.1, 0.15) is 5.82 Å². The van der Waals surface area contributed by atoms with Crippen LogP contribution in [0.1, 0.15) is 28.7 Å². The normalized spacial score (nSPS) is 10.5. The number of imidazole rings is 1. The number of halogens is 1. The van der Waals surface area contributed by atoms with Crippen LogP contribution in [-0.4, -0.2) is 15.3 Å². The van der Waals surface area contributed by atoms with Gasteiger partial charge in [-0.05, 0) is 37.6 Å². The zero-order chi connectivity index (χ0) is 12.4. The summed E-state index contributed by atoms with van der Waals surface area (Å²) < 4.78 is 15.0. The summed E-state index contributed by atoms with van der Waals surface area (Å²) in [5.74, 6) is -0.306. The molecule has 0 aliphatic carbocycles. The van der Waals surface area contributed by atoms with E-state index in [1.54, 1.807) is 30.0 Å². The molecule has 0 spiro atoms. The third kappa shape index (κ3) is 2.25. The standard InChI is InChI=1S/C13H13FN2O/c1-3-16-5-4-15-13(16)12(17)10-6-9(2)7-11(14)8-10/h4-8H,3H2,1-2H3. The lowest BCUT2D eigenvalue weighted by Gasteiger charge is -2.05. The van der Waals surface area contributed by atoms with Crippen molar-refractivity contribution < 1.29 is 9.18 Å². The van der Waals surface area contributed by atoms with Gasteiger partial charge in [-0.1, -0.05) is 0 Å². The fourth-order valence-corrected chi connectivity index (χ4v) is 1.77. The van der Waals surface area contributed by atoms with Gasteiger partial charge < -0.3 is 4.57 Å². The van der Waals surface area contributed by atoms with E-state index in [1.807, 2.05) is 6.92 Å². The lowest BCUT2D eigenvalue weighted by Crippen LogP contribution is -2.11. The average Bonchev–Trinajstić information content (AvgIpc) is 2.74. The van der Waals surface area contributed by atoms with E-state index in [9.17, 15) is 9.18 Å². The zero-order valence-corrected chi connectivity index (χ0v) is 9.77. The number of benzene rings is 1. The summed E-state index contributed by atoms with van der Waals surface area (Å²) in [6.07, 6.45) is 3.31. The first-order valence-corrected chi connectivity index (χ1v) is 5.45. The van der Waals surface area contributed by atoms with E-state index in [-0.39, 0.29) is 5.78 Å². The molecule has 0 radical (unpaired) electrons. The Balaban J connectivity index is 2.43. The number of hydrogen-bond acceptors (Lipinski definition) is 2. The van der Waals surface area contributed by atoms with Crippen molar-refractivity contribution in [1.29, 1.82) is 0 Å². The molecule has 0 amide bonds. The van der Waals surface area contributed by atoms with Crippen molar-refractivity contribution in [1.82, 2.24) is 9.55 Å². The highest BCUT2D eigenvalue weighted by Gasteiger charge is 2.15. The van der Waals surface area contributed by atoms with Crippen LogP contribution in [0, 0.1) is 12.7 Å². The molecular formula is C13H13FN2O. The predicted molar refractivity (Wildman–Crippen MR) is 62.5 cm³/mol. The van der Waals surface area contributed by atoms with Crippen molar-refractivity contribution in [3.63, 3.8) is 0 Å². The Morgan fingerprint density at radius 1 is 1.41 bits per heavy atom. The van der Waals surface area contributed by atoms with Crippen molar-refractivity contribution in [3.05, 3.63) is 53.4 Å². The molecule has 0 bridgehead atoms. The molecule has 0 saturated heterocycles. The molecule has 0 N–H and O–H groups in total. The molecule has 0 aliphatic heterocycles. The number of ketones is 1. The van der Waals surface area contributed by atoms with Crippen LogP contribution in [0.25, 0.3) is 0 Å². The molecule has 0 saturated carbocycles. The second-order valence-corrected chi connectivity index (χ2v) is 3.88. The molecule has 1 heterocycles. The van der Waals surface area contributed by atoms with E-state index in [1.165, 1.54) is 12.1 Å². The Morgan fingerprint density at radius 2 is 2.18 bits per heavy atom. The lowest BCUT2D eigenvalue weighted by atomic mass is 10.1. The summed E-state index contributed by atoms with van der Waals surface area (Å²) in [4.78, 5) is 16.2. The van der Waals surface area contributed by atoms with Crippen LogP contribution in [0.3, 0.4) is 0 Å². The molecule has 3 nitrogen and oxygen atoms in total. The third-order valence-electron chi connectivity index (χ3n) is 2.56. The first kappa shape index (κ1) is 11.5. The SMILES string of the molecule is CCn1ccnc1C(=O)c1cc(C)cc(F)c1. The van der Waals surface area contributed by atoms with E-state index in [0.29, 0.717) is 17.9 Å². The largest absolute Gasteiger partial charge is 0.328 e. The minimum absolute atomic E-state index is 0.251. The predicted octanol–water partition coefficient (Wildman–Crippen LogP) is 2.58. The van der Waals surface area contributed by atoms with Crippen molar-refractivity contribution in [3.8, 4) is 0 Å². The highest BCUT2D eigenvalue weighted by molar-refractivity contribution is 6.06. The lowest BCUT2D eigenvalue weighted by molar-refractivity contribution is 0.102. The maximum Gasteiger partial charge on any atom is 0.228 e. The number of aryl methyl sites for hydroxylation is 2. The summed E-state index contributed by atoms with van der Waals surface area (Å²) in [5, 5.41) is 0. The molecule has 2 rings (SSSR count). The fourth-order valence-electron chi connectivity index (χ4n) is 1.77. The number of nitrogens with zero attached hydrogens (tertiary/aromatic N) is 2. The van der Waals surface area contributed by atoms with Gasteiger partial charge in [-0.15, -0.1) is 0 Å². The minimum Gasteiger partial charge on any atom is -0.328 e. The summed E-state index contributed by atoms with van der Waals surface area (Å²) in [7, 11) is 0. The Morgan fingerprint density at radius 3 is 2.82 bits per heavy atom. The van der Waals surface area contributed by atoms with E-state index in [2.05, 4.69) is 4.98 Å². The van der Waals surface area contributed by atoms with Gasteiger partial charge >= 0.3 is 0 Å².